The van der Waals surface area contributed by atoms with Crippen LogP contribution in [0.2, 0.25) is 5.02 Å². The number of halogens is 1. The zero-order chi connectivity index (χ0) is 17.3. The maximum atomic E-state index is 12.8. The molecule has 2 N–H and O–H groups in total. The van der Waals surface area contributed by atoms with E-state index >= 15 is 0 Å². The highest BCUT2D eigenvalue weighted by atomic mass is 35.5. The summed E-state index contributed by atoms with van der Waals surface area (Å²) in [5.74, 6) is -1.60. The molecule has 0 saturated carbocycles. The lowest BCUT2D eigenvalue weighted by Crippen LogP contribution is -2.51. The van der Waals surface area contributed by atoms with E-state index < -0.39 is 24.0 Å². The summed E-state index contributed by atoms with van der Waals surface area (Å²) in [6.45, 7) is 0.166. The summed E-state index contributed by atoms with van der Waals surface area (Å²) in [5, 5.41) is 23.4. The van der Waals surface area contributed by atoms with Gasteiger partial charge in [-0.25, -0.2) is 9.48 Å². The van der Waals surface area contributed by atoms with Crippen molar-refractivity contribution in [1.82, 2.24) is 14.7 Å². The number of aromatic nitrogens is 2. The molecule has 2 heterocycles. The van der Waals surface area contributed by atoms with Gasteiger partial charge in [-0.15, -0.1) is 0 Å². The topological polar surface area (TPSA) is 95.7 Å². The molecular formula is C16H16ClN3O4. The van der Waals surface area contributed by atoms with Crippen molar-refractivity contribution in [1.29, 1.82) is 0 Å². The number of piperidine rings is 1. The van der Waals surface area contributed by atoms with E-state index in [1.807, 2.05) is 0 Å². The number of nitrogens with zero attached hydrogens (tertiary/aromatic N) is 3. The summed E-state index contributed by atoms with van der Waals surface area (Å²) < 4.78 is 1.59. The van der Waals surface area contributed by atoms with E-state index in [4.69, 9.17) is 11.6 Å². The second-order valence-electron chi connectivity index (χ2n) is 5.65. The van der Waals surface area contributed by atoms with Crippen molar-refractivity contribution in [3.05, 3.63) is 47.2 Å². The summed E-state index contributed by atoms with van der Waals surface area (Å²) in [4.78, 5) is 25.5. The molecule has 1 amide bonds. The Morgan fingerprint density at radius 1 is 1.33 bits per heavy atom. The van der Waals surface area contributed by atoms with Gasteiger partial charge in [-0.05, 0) is 30.7 Å². The van der Waals surface area contributed by atoms with Crippen molar-refractivity contribution in [2.45, 2.75) is 25.0 Å². The van der Waals surface area contributed by atoms with E-state index in [0.717, 1.165) is 0 Å². The van der Waals surface area contributed by atoms with Crippen molar-refractivity contribution in [3.8, 4) is 5.69 Å². The third-order valence-corrected chi connectivity index (χ3v) is 4.40. The maximum absolute atomic E-state index is 12.8. The minimum Gasteiger partial charge on any atom is -0.480 e. The van der Waals surface area contributed by atoms with Gasteiger partial charge in [0.25, 0.3) is 5.91 Å². The Balaban J connectivity index is 1.94. The molecule has 0 bridgehead atoms. The number of carboxylic acids is 1. The highest BCUT2D eigenvalue weighted by Crippen LogP contribution is 2.25. The molecule has 1 aliphatic rings. The Bertz CT molecular complexity index is 763. The summed E-state index contributed by atoms with van der Waals surface area (Å²) >= 11 is 6.15. The number of carbonyl (C=O) groups excluding carboxylic acids is 1. The number of rotatable bonds is 3. The summed E-state index contributed by atoms with van der Waals surface area (Å²) in [5.41, 5.74) is 0.865. The number of amides is 1. The molecule has 1 aliphatic heterocycles. The van der Waals surface area contributed by atoms with Gasteiger partial charge in [0, 0.05) is 25.4 Å². The highest BCUT2D eigenvalue weighted by molar-refractivity contribution is 6.34. The Kier molecular flexibility index (Phi) is 4.55. The van der Waals surface area contributed by atoms with Gasteiger partial charge in [-0.1, -0.05) is 11.6 Å². The number of aliphatic carboxylic acids is 1. The molecule has 3 rings (SSSR count). The minimum absolute atomic E-state index is 0.0114. The second kappa shape index (κ2) is 6.62. The Morgan fingerprint density at radius 3 is 2.79 bits per heavy atom. The molecule has 1 aromatic carbocycles. The number of hydrogen-bond acceptors (Lipinski definition) is 4. The lowest BCUT2D eigenvalue weighted by molar-refractivity contribution is -0.145. The van der Waals surface area contributed by atoms with Crippen LogP contribution in [0.1, 0.15) is 23.2 Å². The Labute approximate surface area is 143 Å². The predicted molar refractivity (Wildman–Crippen MR) is 86.3 cm³/mol. The first kappa shape index (κ1) is 16.5. The van der Waals surface area contributed by atoms with Crippen molar-refractivity contribution in [2.24, 2.45) is 0 Å². The zero-order valence-corrected chi connectivity index (χ0v) is 13.4. The third-order valence-electron chi connectivity index (χ3n) is 4.07. The summed E-state index contributed by atoms with van der Waals surface area (Å²) in [6, 6.07) is 5.58. The van der Waals surface area contributed by atoms with E-state index in [1.54, 1.807) is 41.3 Å². The van der Waals surface area contributed by atoms with Crippen LogP contribution >= 0.6 is 11.6 Å². The number of likely N-dealkylation sites (tertiary alicyclic amines) is 1. The first-order valence-electron chi connectivity index (χ1n) is 7.49. The van der Waals surface area contributed by atoms with Crippen molar-refractivity contribution >= 4 is 23.5 Å². The first-order chi connectivity index (χ1) is 11.5. The molecule has 1 saturated heterocycles. The van der Waals surface area contributed by atoms with Gasteiger partial charge in [0.2, 0.25) is 0 Å². The number of aliphatic hydroxyl groups excluding tert-OH is 1. The van der Waals surface area contributed by atoms with Gasteiger partial charge >= 0.3 is 5.97 Å². The van der Waals surface area contributed by atoms with Crippen LogP contribution in [0.3, 0.4) is 0 Å². The number of carbonyl (C=O) groups is 2. The minimum atomic E-state index is -1.14. The quantitative estimate of drug-likeness (QED) is 0.877. The third kappa shape index (κ3) is 3.13. The van der Waals surface area contributed by atoms with Gasteiger partial charge in [0.1, 0.15) is 6.04 Å². The van der Waals surface area contributed by atoms with Crippen LogP contribution in [0, 0.1) is 0 Å². The normalized spacial score (nSPS) is 20.8. The fourth-order valence-electron chi connectivity index (χ4n) is 2.82. The van der Waals surface area contributed by atoms with E-state index in [2.05, 4.69) is 5.10 Å². The van der Waals surface area contributed by atoms with Crippen LogP contribution in [0.15, 0.2) is 36.7 Å². The van der Waals surface area contributed by atoms with Crippen LogP contribution < -0.4 is 0 Å². The summed E-state index contributed by atoms with van der Waals surface area (Å²) in [7, 11) is 0. The van der Waals surface area contributed by atoms with Gasteiger partial charge in [0.05, 0.1) is 22.4 Å². The van der Waals surface area contributed by atoms with Crippen LogP contribution in [-0.4, -0.2) is 55.5 Å². The van der Waals surface area contributed by atoms with Crippen molar-refractivity contribution < 1.29 is 19.8 Å². The highest BCUT2D eigenvalue weighted by Gasteiger charge is 2.36. The second-order valence-corrected chi connectivity index (χ2v) is 6.05. The SMILES string of the molecule is O=C(O)[C@@H]1C[C@H](O)CCN1C(=O)c1cc(-n2cccn2)ccc1Cl. The van der Waals surface area contributed by atoms with E-state index in [0.29, 0.717) is 12.1 Å². The molecule has 0 unspecified atom stereocenters. The van der Waals surface area contributed by atoms with E-state index in [-0.39, 0.29) is 23.6 Å². The number of carboxylic acid groups (broad SMARTS) is 1. The van der Waals surface area contributed by atoms with Crippen LogP contribution in [0.25, 0.3) is 5.69 Å². The molecule has 0 radical (unpaired) electrons. The Morgan fingerprint density at radius 2 is 2.12 bits per heavy atom. The fraction of sp³-hybridized carbons (Fsp3) is 0.312. The number of aliphatic hydroxyl groups is 1. The fourth-order valence-corrected chi connectivity index (χ4v) is 3.02. The average Bonchev–Trinajstić information content (AvgIpc) is 3.09. The van der Waals surface area contributed by atoms with Gasteiger partial charge < -0.3 is 15.1 Å². The molecule has 0 spiro atoms. The molecule has 7 nitrogen and oxygen atoms in total. The molecule has 0 aliphatic carbocycles. The van der Waals surface area contributed by atoms with Crippen molar-refractivity contribution in [2.75, 3.05) is 6.54 Å². The van der Waals surface area contributed by atoms with E-state index in [9.17, 15) is 19.8 Å². The molecule has 1 fully saturated rings. The Hall–Kier alpha value is -2.38. The standard InChI is InChI=1S/C16H16ClN3O4/c17-13-3-2-10(20-6-1-5-18-20)8-12(13)15(22)19-7-4-11(21)9-14(19)16(23)24/h1-3,5-6,8,11,14,21H,4,7,9H2,(H,23,24)/t11-,14+/m1/s1. The zero-order valence-electron chi connectivity index (χ0n) is 12.7. The molecule has 8 heteroatoms. The molecule has 126 valence electrons. The van der Waals surface area contributed by atoms with Crippen LogP contribution in [0.5, 0.6) is 0 Å². The predicted octanol–water partition coefficient (Wildman–Crippen LogP) is 1.58. The smallest absolute Gasteiger partial charge is 0.326 e. The number of benzene rings is 1. The maximum Gasteiger partial charge on any atom is 0.326 e. The lowest BCUT2D eigenvalue weighted by atomic mass is 9.98. The molecule has 2 atom stereocenters. The monoisotopic (exact) mass is 349 g/mol. The molecule has 2 aromatic rings. The lowest BCUT2D eigenvalue weighted by Gasteiger charge is -2.35. The van der Waals surface area contributed by atoms with Gasteiger partial charge in [0.15, 0.2) is 0 Å². The molecular weight excluding hydrogens is 334 g/mol. The van der Waals surface area contributed by atoms with Crippen molar-refractivity contribution in [3.63, 3.8) is 0 Å². The summed E-state index contributed by atoms with van der Waals surface area (Å²) in [6.07, 6.45) is 2.97. The number of hydrogen-bond donors (Lipinski definition) is 2. The largest absolute Gasteiger partial charge is 0.480 e. The average molecular weight is 350 g/mol. The molecule has 24 heavy (non-hydrogen) atoms. The molecule has 1 aromatic heterocycles. The van der Waals surface area contributed by atoms with Gasteiger partial charge in [-0.3, -0.25) is 4.79 Å². The first-order valence-corrected chi connectivity index (χ1v) is 7.86. The van der Waals surface area contributed by atoms with Crippen LogP contribution in [0.4, 0.5) is 0 Å². The van der Waals surface area contributed by atoms with Gasteiger partial charge in [-0.2, -0.15) is 5.10 Å². The van der Waals surface area contributed by atoms with Crippen LogP contribution in [-0.2, 0) is 4.79 Å². The van der Waals surface area contributed by atoms with E-state index in [1.165, 1.54) is 4.90 Å².